The van der Waals surface area contributed by atoms with Crippen molar-refractivity contribution in [3.63, 3.8) is 0 Å². The summed E-state index contributed by atoms with van der Waals surface area (Å²) >= 11 is 0. The third-order valence-electron chi connectivity index (χ3n) is 4.00. The average molecular weight is 391 g/mol. The second-order valence-corrected chi connectivity index (χ2v) is 5.99. The maximum atomic E-state index is 12.7. The fourth-order valence-electron chi connectivity index (χ4n) is 2.60. The normalized spacial score (nSPS) is 10.7. The lowest BCUT2D eigenvalue weighted by molar-refractivity contribution is -0.137. The molecule has 3 rings (SSSR count). The fourth-order valence-corrected chi connectivity index (χ4v) is 2.60. The summed E-state index contributed by atoms with van der Waals surface area (Å²) in [5, 5.41) is 7.15. The SMILES string of the molecule is CCOC(=O)/C=C/c1ccc(NC(=O)c2nn(-c3ccccc3)cc2OC)cc1. The number of esters is 1. The van der Waals surface area contributed by atoms with Crippen LogP contribution in [0.4, 0.5) is 5.69 Å². The Morgan fingerprint density at radius 1 is 1.10 bits per heavy atom. The zero-order valence-corrected chi connectivity index (χ0v) is 16.2. The first kappa shape index (κ1) is 19.9. The maximum Gasteiger partial charge on any atom is 0.330 e. The van der Waals surface area contributed by atoms with E-state index in [0.717, 1.165) is 11.3 Å². The number of methoxy groups -OCH3 is 1. The average Bonchev–Trinajstić information content (AvgIpc) is 3.19. The first-order valence-electron chi connectivity index (χ1n) is 9.06. The van der Waals surface area contributed by atoms with Gasteiger partial charge in [0, 0.05) is 11.8 Å². The van der Waals surface area contributed by atoms with Crippen molar-refractivity contribution in [2.45, 2.75) is 6.92 Å². The van der Waals surface area contributed by atoms with E-state index in [1.54, 1.807) is 48.1 Å². The van der Waals surface area contributed by atoms with E-state index < -0.39 is 5.97 Å². The predicted octanol–water partition coefficient (Wildman–Crippen LogP) is 3.71. The van der Waals surface area contributed by atoms with Gasteiger partial charge in [-0.2, -0.15) is 5.10 Å². The lowest BCUT2D eigenvalue weighted by Crippen LogP contribution is -2.14. The molecule has 0 saturated carbocycles. The second kappa shape index (κ2) is 9.36. The van der Waals surface area contributed by atoms with Gasteiger partial charge < -0.3 is 14.8 Å². The van der Waals surface area contributed by atoms with Gasteiger partial charge in [-0.25, -0.2) is 9.48 Å². The molecule has 0 bridgehead atoms. The number of para-hydroxylation sites is 1. The summed E-state index contributed by atoms with van der Waals surface area (Å²) in [4.78, 5) is 24.0. The van der Waals surface area contributed by atoms with Gasteiger partial charge in [-0.05, 0) is 42.8 Å². The van der Waals surface area contributed by atoms with Crippen molar-refractivity contribution in [2.75, 3.05) is 19.0 Å². The molecule has 1 aromatic heterocycles. The van der Waals surface area contributed by atoms with Gasteiger partial charge in [0.2, 0.25) is 0 Å². The van der Waals surface area contributed by atoms with Crippen LogP contribution >= 0.6 is 0 Å². The highest BCUT2D eigenvalue weighted by atomic mass is 16.5. The van der Waals surface area contributed by atoms with Crippen LogP contribution in [-0.2, 0) is 9.53 Å². The molecule has 3 aromatic rings. The van der Waals surface area contributed by atoms with Gasteiger partial charge in [-0.3, -0.25) is 4.79 Å². The zero-order chi connectivity index (χ0) is 20.6. The Labute approximate surface area is 168 Å². The molecule has 0 atom stereocenters. The molecule has 1 heterocycles. The molecule has 7 nitrogen and oxygen atoms in total. The van der Waals surface area contributed by atoms with Crippen molar-refractivity contribution in [1.29, 1.82) is 0 Å². The molecule has 0 spiro atoms. The van der Waals surface area contributed by atoms with Crippen molar-refractivity contribution >= 4 is 23.6 Å². The van der Waals surface area contributed by atoms with Gasteiger partial charge in [0.15, 0.2) is 11.4 Å². The van der Waals surface area contributed by atoms with Crippen LogP contribution in [0.3, 0.4) is 0 Å². The topological polar surface area (TPSA) is 82.5 Å². The number of aromatic nitrogens is 2. The van der Waals surface area contributed by atoms with Crippen LogP contribution < -0.4 is 10.1 Å². The Kier molecular flexibility index (Phi) is 6.42. The number of anilines is 1. The molecule has 0 aliphatic heterocycles. The number of hydrogen-bond donors (Lipinski definition) is 1. The Morgan fingerprint density at radius 2 is 1.83 bits per heavy atom. The van der Waals surface area contributed by atoms with E-state index >= 15 is 0 Å². The maximum absolute atomic E-state index is 12.7. The number of rotatable bonds is 7. The predicted molar refractivity (Wildman–Crippen MR) is 110 cm³/mol. The van der Waals surface area contributed by atoms with Gasteiger partial charge in [0.05, 0.1) is 25.6 Å². The summed E-state index contributed by atoms with van der Waals surface area (Å²) in [7, 11) is 1.49. The molecule has 1 N–H and O–H groups in total. The van der Waals surface area contributed by atoms with Crippen LogP contribution in [0.5, 0.6) is 5.75 Å². The van der Waals surface area contributed by atoms with Crippen molar-refractivity contribution < 1.29 is 19.1 Å². The van der Waals surface area contributed by atoms with E-state index in [4.69, 9.17) is 9.47 Å². The zero-order valence-electron chi connectivity index (χ0n) is 16.2. The van der Waals surface area contributed by atoms with E-state index in [9.17, 15) is 9.59 Å². The fraction of sp³-hybridized carbons (Fsp3) is 0.136. The lowest BCUT2D eigenvalue weighted by Gasteiger charge is -2.05. The number of nitrogens with zero attached hydrogens (tertiary/aromatic N) is 2. The Balaban J connectivity index is 1.72. The highest BCUT2D eigenvalue weighted by Gasteiger charge is 2.18. The first-order valence-corrected chi connectivity index (χ1v) is 9.06. The molecule has 0 aliphatic carbocycles. The molecule has 0 radical (unpaired) electrons. The first-order chi connectivity index (χ1) is 14.1. The quantitative estimate of drug-likeness (QED) is 0.490. The smallest absolute Gasteiger partial charge is 0.330 e. The largest absolute Gasteiger partial charge is 0.493 e. The van der Waals surface area contributed by atoms with Crippen LogP contribution in [-0.4, -0.2) is 35.4 Å². The van der Waals surface area contributed by atoms with Crippen LogP contribution in [0, 0.1) is 0 Å². The van der Waals surface area contributed by atoms with Crippen molar-refractivity contribution in [3.8, 4) is 11.4 Å². The number of hydrogen-bond acceptors (Lipinski definition) is 5. The Bertz CT molecular complexity index is 1010. The number of nitrogens with one attached hydrogen (secondary N) is 1. The van der Waals surface area contributed by atoms with E-state index in [2.05, 4.69) is 10.4 Å². The minimum absolute atomic E-state index is 0.183. The van der Waals surface area contributed by atoms with Crippen LogP contribution in [0.2, 0.25) is 0 Å². The molecule has 2 aromatic carbocycles. The van der Waals surface area contributed by atoms with Crippen LogP contribution in [0.15, 0.2) is 66.9 Å². The summed E-state index contributed by atoms with van der Waals surface area (Å²) in [6.07, 6.45) is 4.67. The van der Waals surface area contributed by atoms with Crippen molar-refractivity contribution in [3.05, 3.63) is 78.1 Å². The molecule has 1 amide bonds. The van der Waals surface area contributed by atoms with E-state index in [-0.39, 0.29) is 11.6 Å². The third-order valence-corrected chi connectivity index (χ3v) is 4.00. The summed E-state index contributed by atoms with van der Waals surface area (Å²) < 4.78 is 11.7. The van der Waals surface area contributed by atoms with E-state index in [1.165, 1.54) is 13.2 Å². The summed E-state index contributed by atoms with van der Waals surface area (Å²) in [6, 6.07) is 16.5. The molecule has 0 aliphatic rings. The van der Waals surface area contributed by atoms with Crippen LogP contribution in [0.1, 0.15) is 23.0 Å². The molecule has 0 fully saturated rings. The molecule has 148 valence electrons. The van der Waals surface area contributed by atoms with Crippen LogP contribution in [0.25, 0.3) is 11.8 Å². The summed E-state index contributed by atoms with van der Waals surface area (Å²) in [5.41, 5.74) is 2.41. The van der Waals surface area contributed by atoms with Gasteiger partial charge >= 0.3 is 5.97 Å². The van der Waals surface area contributed by atoms with Crippen molar-refractivity contribution in [1.82, 2.24) is 9.78 Å². The minimum atomic E-state index is -0.397. The summed E-state index contributed by atoms with van der Waals surface area (Å²) in [6.45, 7) is 2.08. The minimum Gasteiger partial charge on any atom is -0.493 e. The second-order valence-electron chi connectivity index (χ2n) is 5.99. The molecular weight excluding hydrogens is 370 g/mol. The van der Waals surface area contributed by atoms with Gasteiger partial charge in [0.1, 0.15) is 0 Å². The Morgan fingerprint density at radius 3 is 2.48 bits per heavy atom. The number of amides is 1. The Hall–Kier alpha value is -3.87. The highest BCUT2D eigenvalue weighted by Crippen LogP contribution is 2.21. The van der Waals surface area contributed by atoms with Gasteiger partial charge in [-0.15, -0.1) is 0 Å². The van der Waals surface area contributed by atoms with Gasteiger partial charge in [-0.1, -0.05) is 30.3 Å². The monoisotopic (exact) mass is 391 g/mol. The van der Waals surface area contributed by atoms with E-state index in [1.807, 2.05) is 30.3 Å². The molecule has 0 unspecified atom stereocenters. The van der Waals surface area contributed by atoms with Crippen molar-refractivity contribution in [2.24, 2.45) is 0 Å². The van der Waals surface area contributed by atoms with E-state index in [0.29, 0.717) is 18.0 Å². The molecular formula is C22H21N3O4. The number of ether oxygens (including phenoxy) is 2. The third kappa shape index (κ3) is 5.10. The summed E-state index contributed by atoms with van der Waals surface area (Å²) in [5.74, 6) is -0.405. The lowest BCUT2D eigenvalue weighted by atomic mass is 10.2. The number of carbonyl (C=O) groups is 2. The number of carbonyl (C=O) groups excluding carboxylic acids is 2. The molecule has 29 heavy (non-hydrogen) atoms. The number of benzene rings is 2. The van der Waals surface area contributed by atoms with Gasteiger partial charge in [0.25, 0.3) is 5.91 Å². The standard InChI is InChI=1S/C22H21N3O4/c1-3-29-20(26)14-11-16-9-12-17(13-10-16)23-22(27)21-19(28-2)15-25(24-21)18-7-5-4-6-8-18/h4-15H,3H2,1-2H3,(H,23,27)/b14-11+. The molecule has 7 heteroatoms. The highest BCUT2D eigenvalue weighted by molar-refractivity contribution is 6.04. The molecule has 0 saturated heterocycles.